The third-order valence-corrected chi connectivity index (χ3v) is 3.04. The normalized spacial score (nSPS) is 10.8. The number of benzene rings is 1. The summed E-state index contributed by atoms with van der Waals surface area (Å²) < 4.78 is 5.17. The Morgan fingerprint density at radius 2 is 2.10 bits per heavy atom. The number of hydrogen-bond acceptors (Lipinski definition) is 5. The minimum absolute atomic E-state index is 0.105. The summed E-state index contributed by atoms with van der Waals surface area (Å²) in [5, 5.41) is 6.01. The SMILES string of the molecule is CC(=O)CCc1nc(-c2nccc3ccccc23)no1. The van der Waals surface area contributed by atoms with Gasteiger partial charge in [0.25, 0.3) is 0 Å². The summed E-state index contributed by atoms with van der Waals surface area (Å²) in [5.74, 6) is 1.03. The summed E-state index contributed by atoms with van der Waals surface area (Å²) in [6.07, 6.45) is 2.60. The number of rotatable bonds is 4. The number of carbonyl (C=O) groups excluding carboxylic acids is 1. The van der Waals surface area contributed by atoms with Crippen LogP contribution in [0.15, 0.2) is 41.1 Å². The number of aromatic nitrogens is 3. The van der Waals surface area contributed by atoms with Gasteiger partial charge in [-0.05, 0) is 18.4 Å². The van der Waals surface area contributed by atoms with Crippen LogP contribution >= 0.6 is 0 Å². The lowest BCUT2D eigenvalue weighted by molar-refractivity contribution is -0.117. The van der Waals surface area contributed by atoms with Crippen LogP contribution in [0.5, 0.6) is 0 Å². The lowest BCUT2D eigenvalue weighted by Crippen LogP contribution is -1.94. The van der Waals surface area contributed by atoms with Crippen LogP contribution in [0.3, 0.4) is 0 Å². The van der Waals surface area contributed by atoms with Crippen molar-refractivity contribution in [1.29, 1.82) is 0 Å². The highest BCUT2D eigenvalue weighted by Gasteiger charge is 2.13. The van der Waals surface area contributed by atoms with E-state index < -0.39 is 0 Å². The van der Waals surface area contributed by atoms with Gasteiger partial charge < -0.3 is 9.32 Å². The van der Waals surface area contributed by atoms with E-state index in [0.717, 1.165) is 10.8 Å². The van der Waals surface area contributed by atoms with E-state index in [0.29, 0.717) is 30.3 Å². The minimum Gasteiger partial charge on any atom is -0.339 e. The van der Waals surface area contributed by atoms with Gasteiger partial charge in [-0.25, -0.2) is 0 Å². The Hall–Kier alpha value is -2.56. The fourth-order valence-electron chi connectivity index (χ4n) is 2.03. The molecule has 0 aliphatic carbocycles. The summed E-state index contributed by atoms with van der Waals surface area (Å²) in [4.78, 5) is 19.6. The van der Waals surface area contributed by atoms with Gasteiger partial charge in [0.05, 0.1) is 0 Å². The molecule has 0 saturated carbocycles. The van der Waals surface area contributed by atoms with Gasteiger partial charge in [0.2, 0.25) is 11.7 Å². The van der Waals surface area contributed by atoms with Crippen LogP contribution in [0.1, 0.15) is 19.2 Å². The molecule has 1 aromatic carbocycles. The molecular weight excluding hydrogens is 254 g/mol. The molecule has 5 heteroatoms. The Bertz CT molecular complexity index is 759. The molecule has 0 bridgehead atoms. The summed E-state index contributed by atoms with van der Waals surface area (Å²) in [7, 11) is 0. The van der Waals surface area contributed by atoms with Crippen molar-refractivity contribution in [2.24, 2.45) is 0 Å². The van der Waals surface area contributed by atoms with Crippen molar-refractivity contribution in [2.75, 3.05) is 0 Å². The van der Waals surface area contributed by atoms with Crippen molar-refractivity contribution in [3.05, 3.63) is 42.4 Å². The van der Waals surface area contributed by atoms with Gasteiger partial charge in [-0.2, -0.15) is 4.98 Å². The van der Waals surface area contributed by atoms with Crippen LogP contribution in [0.2, 0.25) is 0 Å². The largest absolute Gasteiger partial charge is 0.339 e. The van der Waals surface area contributed by atoms with E-state index in [1.807, 2.05) is 30.3 Å². The highest BCUT2D eigenvalue weighted by Crippen LogP contribution is 2.24. The molecule has 0 unspecified atom stereocenters. The monoisotopic (exact) mass is 267 g/mol. The number of aryl methyl sites for hydroxylation is 1. The van der Waals surface area contributed by atoms with E-state index in [4.69, 9.17) is 4.52 Å². The first-order valence-electron chi connectivity index (χ1n) is 6.40. The van der Waals surface area contributed by atoms with Crippen molar-refractivity contribution < 1.29 is 9.32 Å². The fraction of sp³-hybridized carbons (Fsp3) is 0.200. The fourth-order valence-corrected chi connectivity index (χ4v) is 2.03. The van der Waals surface area contributed by atoms with Crippen LogP contribution in [0, 0.1) is 0 Å². The zero-order valence-corrected chi connectivity index (χ0v) is 11.0. The molecule has 0 aliphatic heterocycles. The molecule has 5 nitrogen and oxygen atoms in total. The molecule has 0 spiro atoms. The van der Waals surface area contributed by atoms with Crippen LogP contribution in [0.4, 0.5) is 0 Å². The Balaban J connectivity index is 1.97. The smallest absolute Gasteiger partial charge is 0.227 e. The average molecular weight is 267 g/mol. The van der Waals surface area contributed by atoms with Gasteiger partial charge in [-0.3, -0.25) is 4.98 Å². The number of Topliss-reactive ketones (excluding diaryl/α,β-unsaturated/α-hetero) is 1. The number of ketones is 1. The molecule has 0 atom stereocenters. The molecular formula is C15H13N3O2. The maximum atomic E-state index is 11.0. The molecule has 20 heavy (non-hydrogen) atoms. The highest BCUT2D eigenvalue weighted by molar-refractivity contribution is 5.92. The Morgan fingerprint density at radius 1 is 1.25 bits per heavy atom. The van der Waals surface area contributed by atoms with Crippen molar-refractivity contribution in [3.63, 3.8) is 0 Å². The van der Waals surface area contributed by atoms with Gasteiger partial charge >= 0.3 is 0 Å². The second-order valence-electron chi connectivity index (χ2n) is 4.59. The first-order valence-corrected chi connectivity index (χ1v) is 6.40. The molecule has 0 fully saturated rings. The number of pyridine rings is 1. The topological polar surface area (TPSA) is 68.9 Å². The van der Waals surface area contributed by atoms with E-state index >= 15 is 0 Å². The quantitative estimate of drug-likeness (QED) is 0.727. The Morgan fingerprint density at radius 3 is 2.95 bits per heavy atom. The summed E-state index contributed by atoms with van der Waals surface area (Å²) in [5.41, 5.74) is 0.695. The number of carbonyl (C=O) groups is 1. The maximum absolute atomic E-state index is 11.0. The zero-order valence-electron chi connectivity index (χ0n) is 11.0. The van der Waals surface area contributed by atoms with Crippen LogP contribution < -0.4 is 0 Å². The van der Waals surface area contributed by atoms with E-state index in [1.54, 1.807) is 13.1 Å². The molecule has 0 aliphatic rings. The number of nitrogens with zero attached hydrogens (tertiary/aromatic N) is 3. The molecule has 2 aromatic heterocycles. The standard InChI is InChI=1S/C15H13N3O2/c1-10(19)6-7-13-17-15(18-20-13)14-12-5-3-2-4-11(12)8-9-16-14/h2-5,8-9H,6-7H2,1H3. The first kappa shape index (κ1) is 12.5. The van der Waals surface area contributed by atoms with E-state index in [9.17, 15) is 4.79 Å². The number of hydrogen-bond donors (Lipinski definition) is 0. The van der Waals surface area contributed by atoms with Gasteiger partial charge in [-0.1, -0.05) is 29.4 Å². The zero-order chi connectivity index (χ0) is 13.9. The van der Waals surface area contributed by atoms with E-state index in [1.165, 1.54) is 0 Å². The molecule has 100 valence electrons. The highest BCUT2D eigenvalue weighted by atomic mass is 16.5. The van der Waals surface area contributed by atoms with E-state index in [2.05, 4.69) is 15.1 Å². The van der Waals surface area contributed by atoms with Crippen LogP contribution in [-0.4, -0.2) is 20.9 Å². The average Bonchev–Trinajstić information content (AvgIpc) is 2.93. The van der Waals surface area contributed by atoms with Crippen molar-refractivity contribution in [2.45, 2.75) is 19.8 Å². The third kappa shape index (κ3) is 2.42. The second kappa shape index (κ2) is 5.21. The molecule has 0 radical (unpaired) electrons. The Labute approximate surface area is 115 Å². The lowest BCUT2D eigenvalue weighted by Gasteiger charge is -2.00. The molecule has 0 N–H and O–H groups in total. The number of fused-ring (bicyclic) bond motifs is 1. The van der Waals surface area contributed by atoms with Crippen molar-refractivity contribution >= 4 is 16.6 Å². The van der Waals surface area contributed by atoms with Crippen LogP contribution in [0.25, 0.3) is 22.3 Å². The lowest BCUT2D eigenvalue weighted by atomic mass is 10.1. The summed E-state index contributed by atoms with van der Waals surface area (Å²) in [6.45, 7) is 1.55. The molecule has 3 rings (SSSR count). The first-order chi connectivity index (χ1) is 9.74. The summed E-state index contributed by atoms with van der Waals surface area (Å²) in [6, 6.07) is 9.85. The summed E-state index contributed by atoms with van der Waals surface area (Å²) >= 11 is 0. The molecule has 0 amide bonds. The predicted octanol–water partition coefficient (Wildman–Crippen LogP) is 2.81. The molecule has 2 heterocycles. The predicted molar refractivity (Wildman–Crippen MR) is 74.0 cm³/mol. The van der Waals surface area contributed by atoms with E-state index in [-0.39, 0.29) is 5.78 Å². The molecule has 0 saturated heterocycles. The van der Waals surface area contributed by atoms with Gasteiger partial charge in [0, 0.05) is 24.4 Å². The third-order valence-electron chi connectivity index (χ3n) is 3.04. The van der Waals surface area contributed by atoms with Gasteiger partial charge in [-0.15, -0.1) is 0 Å². The maximum Gasteiger partial charge on any atom is 0.227 e. The Kier molecular flexibility index (Phi) is 3.25. The second-order valence-corrected chi connectivity index (χ2v) is 4.59. The van der Waals surface area contributed by atoms with Crippen molar-refractivity contribution in [3.8, 4) is 11.5 Å². The van der Waals surface area contributed by atoms with Gasteiger partial charge in [0.1, 0.15) is 11.5 Å². The van der Waals surface area contributed by atoms with Gasteiger partial charge in [0.15, 0.2) is 0 Å². The van der Waals surface area contributed by atoms with Crippen molar-refractivity contribution in [1.82, 2.24) is 15.1 Å². The van der Waals surface area contributed by atoms with Crippen LogP contribution in [-0.2, 0) is 11.2 Å². The molecule has 3 aromatic rings. The minimum atomic E-state index is 0.105.